The summed E-state index contributed by atoms with van der Waals surface area (Å²) in [6, 6.07) is 14.9. The van der Waals surface area contributed by atoms with Crippen molar-refractivity contribution in [2.75, 3.05) is 20.1 Å². The van der Waals surface area contributed by atoms with Crippen molar-refractivity contribution in [3.63, 3.8) is 0 Å². The Labute approximate surface area is 200 Å². The van der Waals surface area contributed by atoms with Crippen LogP contribution in [0.4, 0.5) is 4.39 Å². The van der Waals surface area contributed by atoms with E-state index < -0.39 is 0 Å². The molecule has 0 aliphatic carbocycles. The van der Waals surface area contributed by atoms with Gasteiger partial charge in [0.2, 0.25) is 5.91 Å². The number of amides is 1. The minimum Gasteiger partial charge on any atom is -0.369 e. The van der Waals surface area contributed by atoms with E-state index in [0.717, 1.165) is 43.6 Å². The summed E-state index contributed by atoms with van der Waals surface area (Å²) in [7, 11) is 1.71. The molecule has 0 radical (unpaired) electrons. The summed E-state index contributed by atoms with van der Waals surface area (Å²) in [5, 5.41) is 6.49. The number of primary amides is 1. The highest BCUT2D eigenvalue weighted by Gasteiger charge is 2.23. The quantitative estimate of drug-likeness (QED) is 0.287. The Morgan fingerprint density at radius 2 is 1.77 bits per heavy atom. The molecule has 1 saturated heterocycles. The van der Waals surface area contributed by atoms with E-state index in [9.17, 15) is 9.18 Å². The third kappa shape index (κ3) is 8.10. The lowest BCUT2D eigenvalue weighted by Crippen LogP contribution is -2.40. The van der Waals surface area contributed by atoms with Gasteiger partial charge >= 0.3 is 0 Å². The van der Waals surface area contributed by atoms with E-state index in [1.54, 1.807) is 13.1 Å². The van der Waals surface area contributed by atoms with Crippen LogP contribution in [-0.2, 0) is 24.4 Å². The highest BCUT2D eigenvalue weighted by Crippen LogP contribution is 2.18. The lowest BCUT2D eigenvalue weighted by atomic mass is 9.97. The summed E-state index contributed by atoms with van der Waals surface area (Å²) in [6.45, 7) is 3.65. The van der Waals surface area contributed by atoms with E-state index in [1.807, 2.05) is 12.1 Å². The van der Waals surface area contributed by atoms with E-state index in [1.165, 1.54) is 17.7 Å². The monoisotopic (exact) mass is 539 g/mol. The van der Waals surface area contributed by atoms with Gasteiger partial charge in [0.1, 0.15) is 5.82 Å². The van der Waals surface area contributed by atoms with Gasteiger partial charge in [0.05, 0.1) is 5.92 Å². The highest BCUT2D eigenvalue weighted by atomic mass is 127. The van der Waals surface area contributed by atoms with Gasteiger partial charge in [-0.15, -0.1) is 24.0 Å². The number of nitrogens with zero attached hydrogens (tertiary/aromatic N) is 2. The first-order chi connectivity index (χ1) is 14.5. The van der Waals surface area contributed by atoms with Crippen LogP contribution in [0, 0.1) is 11.7 Å². The number of hydrogen-bond acceptors (Lipinski definition) is 3. The molecule has 31 heavy (non-hydrogen) atoms. The molecular formula is C23H31FIN5O. The number of nitrogens with two attached hydrogens (primary N) is 1. The molecule has 168 valence electrons. The molecule has 1 fully saturated rings. The molecule has 0 aromatic heterocycles. The maximum absolute atomic E-state index is 13.3. The average molecular weight is 539 g/mol. The van der Waals surface area contributed by atoms with Crippen molar-refractivity contribution in [3.8, 4) is 0 Å². The second-order valence-electron chi connectivity index (χ2n) is 7.71. The van der Waals surface area contributed by atoms with Gasteiger partial charge in [-0.1, -0.05) is 36.4 Å². The molecule has 1 unspecified atom stereocenters. The lowest BCUT2D eigenvalue weighted by molar-refractivity contribution is -0.123. The van der Waals surface area contributed by atoms with Crippen molar-refractivity contribution in [1.82, 2.24) is 15.5 Å². The van der Waals surface area contributed by atoms with Crippen molar-refractivity contribution >= 4 is 35.8 Å². The third-order valence-corrected chi connectivity index (χ3v) is 5.34. The van der Waals surface area contributed by atoms with Gasteiger partial charge in [-0.3, -0.25) is 14.7 Å². The molecule has 1 amide bonds. The van der Waals surface area contributed by atoms with Crippen molar-refractivity contribution < 1.29 is 9.18 Å². The molecule has 6 nitrogen and oxygen atoms in total. The predicted octanol–water partition coefficient (Wildman–Crippen LogP) is 3.01. The number of likely N-dealkylation sites (tertiary alicyclic amines) is 1. The maximum atomic E-state index is 13.3. The zero-order valence-corrected chi connectivity index (χ0v) is 20.1. The maximum Gasteiger partial charge on any atom is 0.221 e. The van der Waals surface area contributed by atoms with E-state index in [2.05, 4.69) is 38.7 Å². The van der Waals surface area contributed by atoms with Gasteiger partial charge in [0.25, 0.3) is 0 Å². The zero-order valence-electron chi connectivity index (χ0n) is 17.8. The molecule has 3 rings (SSSR count). The molecule has 1 aliphatic rings. The van der Waals surface area contributed by atoms with Crippen LogP contribution in [0.1, 0.15) is 29.5 Å². The highest BCUT2D eigenvalue weighted by molar-refractivity contribution is 14.0. The topological polar surface area (TPSA) is 82.8 Å². The number of hydrogen-bond donors (Lipinski definition) is 3. The first kappa shape index (κ1) is 25.1. The average Bonchev–Trinajstić information content (AvgIpc) is 2.74. The molecule has 1 atom stereocenters. The van der Waals surface area contributed by atoms with Crippen LogP contribution in [0.2, 0.25) is 0 Å². The third-order valence-electron chi connectivity index (χ3n) is 5.34. The summed E-state index contributed by atoms with van der Waals surface area (Å²) < 4.78 is 13.3. The molecule has 1 aliphatic heterocycles. The summed E-state index contributed by atoms with van der Waals surface area (Å²) >= 11 is 0. The van der Waals surface area contributed by atoms with Crippen molar-refractivity contribution in [2.45, 2.75) is 32.5 Å². The Balaban J connectivity index is 0.00000341. The summed E-state index contributed by atoms with van der Waals surface area (Å²) in [5.41, 5.74) is 8.70. The van der Waals surface area contributed by atoms with Crippen molar-refractivity contribution in [3.05, 3.63) is 71.0 Å². The van der Waals surface area contributed by atoms with Crippen LogP contribution in [0.5, 0.6) is 0 Å². The van der Waals surface area contributed by atoms with E-state index in [0.29, 0.717) is 19.0 Å². The molecule has 8 heteroatoms. The van der Waals surface area contributed by atoms with Crippen LogP contribution in [0.3, 0.4) is 0 Å². The summed E-state index contributed by atoms with van der Waals surface area (Å²) in [5.74, 6) is 0.167. The fourth-order valence-corrected chi connectivity index (χ4v) is 3.77. The fraction of sp³-hybridized carbons (Fsp3) is 0.391. The van der Waals surface area contributed by atoms with Gasteiger partial charge < -0.3 is 16.4 Å². The molecule has 0 saturated carbocycles. The number of nitrogens with one attached hydrogen (secondary N) is 2. The second-order valence-corrected chi connectivity index (χ2v) is 7.71. The number of piperidine rings is 1. The Morgan fingerprint density at radius 1 is 1.13 bits per heavy atom. The predicted molar refractivity (Wildman–Crippen MR) is 132 cm³/mol. The smallest absolute Gasteiger partial charge is 0.221 e. The number of rotatable bonds is 7. The molecular weight excluding hydrogens is 508 g/mol. The Kier molecular flexibility index (Phi) is 10.2. The summed E-state index contributed by atoms with van der Waals surface area (Å²) in [6.07, 6.45) is 1.89. The van der Waals surface area contributed by atoms with Gasteiger partial charge in [0, 0.05) is 33.2 Å². The van der Waals surface area contributed by atoms with Gasteiger partial charge in [-0.2, -0.15) is 0 Å². The number of benzene rings is 2. The first-order valence-electron chi connectivity index (χ1n) is 10.3. The van der Waals surface area contributed by atoms with E-state index in [4.69, 9.17) is 5.73 Å². The number of halogens is 2. The van der Waals surface area contributed by atoms with Crippen LogP contribution in [0.15, 0.2) is 53.5 Å². The molecule has 2 aromatic rings. The fourth-order valence-electron chi connectivity index (χ4n) is 3.77. The van der Waals surface area contributed by atoms with E-state index in [-0.39, 0.29) is 41.6 Å². The zero-order chi connectivity index (χ0) is 21.3. The first-order valence-corrected chi connectivity index (χ1v) is 10.3. The number of aliphatic imine (C=N–C) groups is 1. The molecule has 4 N–H and O–H groups in total. The number of guanidine groups is 1. The number of carbonyl (C=O) groups excluding carboxylic acids is 1. The van der Waals surface area contributed by atoms with E-state index >= 15 is 0 Å². The largest absolute Gasteiger partial charge is 0.369 e. The Morgan fingerprint density at radius 3 is 2.42 bits per heavy atom. The van der Waals surface area contributed by atoms with Crippen molar-refractivity contribution in [1.29, 1.82) is 0 Å². The minimum atomic E-state index is -0.245. The normalized spacial score (nSPS) is 17.0. The molecule has 1 heterocycles. The van der Waals surface area contributed by atoms with Gasteiger partial charge in [-0.25, -0.2) is 4.39 Å². The molecule has 0 bridgehead atoms. The molecule has 2 aromatic carbocycles. The lowest BCUT2D eigenvalue weighted by Gasteiger charge is -2.31. The standard InChI is InChI=1S/C23H30FN5O.HI/c1-26-23(28-14-18-6-3-9-21(24)12-18)27-13-17-5-2-7-19(11-17)15-29-10-4-8-20(16-29)22(25)30;/h2-3,5-7,9,11-12,20H,4,8,10,13-16H2,1H3,(H2,25,30)(H2,26,27,28);1H. The SMILES string of the molecule is CN=C(NCc1cccc(F)c1)NCc1cccc(CN2CCCC(C(N)=O)C2)c1.I. The van der Waals surface area contributed by atoms with Crippen LogP contribution < -0.4 is 16.4 Å². The van der Waals surface area contributed by atoms with Gasteiger partial charge in [-0.05, 0) is 48.2 Å². The van der Waals surface area contributed by atoms with Gasteiger partial charge in [0.15, 0.2) is 5.96 Å². The minimum absolute atomic E-state index is 0. The number of carbonyl (C=O) groups is 1. The van der Waals surface area contributed by atoms with Crippen LogP contribution in [0.25, 0.3) is 0 Å². The summed E-state index contributed by atoms with van der Waals surface area (Å²) in [4.78, 5) is 18.0. The van der Waals surface area contributed by atoms with Crippen molar-refractivity contribution in [2.24, 2.45) is 16.6 Å². The Hall–Kier alpha value is -2.20. The second kappa shape index (κ2) is 12.6. The van der Waals surface area contributed by atoms with Crippen LogP contribution in [-0.4, -0.2) is 36.9 Å². The molecule has 0 spiro atoms. The van der Waals surface area contributed by atoms with Crippen LogP contribution >= 0.6 is 24.0 Å². The Bertz CT molecular complexity index is 892.